The van der Waals surface area contributed by atoms with Crippen LogP contribution in [0.4, 0.5) is 0 Å². The van der Waals surface area contributed by atoms with Crippen LogP contribution in [0.1, 0.15) is 23.1 Å². The molecule has 1 unspecified atom stereocenters. The van der Waals surface area contributed by atoms with Gasteiger partial charge in [-0.05, 0) is 42.5 Å². The summed E-state index contributed by atoms with van der Waals surface area (Å²) < 4.78 is 0. The lowest BCUT2D eigenvalue weighted by Gasteiger charge is -2.13. The van der Waals surface area contributed by atoms with Crippen LogP contribution in [0, 0.1) is 0 Å². The molecule has 0 aliphatic carbocycles. The van der Waals surface area contributed by atoms with Crippen LogP contribution in [-0.2, 0) is 13.0 Å². The molecule has 2 aromatic heterocycles. The van der Waals surface area contributed by atoms with Crippen molar-refractivity contribution in [3.8, 4) is 0 Å². The molecule has 1 atom stereocenters. The molecule has 0 saturated carbocycles. The van der Waals surface area contributed by atoms with Crippen LogP contribution in [0.2, 0.25) is 0 Å². The van der Waals surface area contributed by atoms with Crippen LogP contribution < -0.4 is 11.1 Å². The first-order chi connectivity index (χ1) is 9.69. The van der Waals surface area contributed by atoms with Gasteiger partial charge in [0.15, 0.2) is 5.84 Å². The van der Waals surface area contributed by atoms with Crippen LogP contribution in [0.5, 0.6) is 0 Å². The Labute approximate surface area is 122 Å². The number of nitrogens with zero attached hydrogens (tertiary/aromatic N) is 2. The SMILES string of the molecule is CC(Cc1cccs1)NCc1ccnc(C(N)=NO)c1. The molecule has 2 rings (SSSR count). The lowest BCUT2D eigenvalue weighted by molar-refractivity contribution is 0.318. The molecule has 20 heavy (non-hydrogen) atoms. The van der Waals surface area contributed by atoms with Gasteiger partial charge >= 0.3 is 0 Å². The van der Waals surface area contributed by atoms with Gasteiger partial charge in [0.05, 0.1) is 0 Å². The fraction of sp³-hybridized carbons (Fsp3) is 0.286. The summed E-state index contributed by atoms with van der Waals surface area (Å²) in [6, 6.07) is 8.33. The normalized spacial score (nSPS) is 13.3. The van der Waals surface area contributed by atoms with Crippen molar-refractivity contribution in [3.63, 3.8) is 0 Å². The molecular weight excluding hydrogens is 272 g/mol. The molecule has 2 aromatic rings. The first kappa shape index (κ1) is 14.5. The molecule has 0 spiro atoms. The lowest BCUT2D eigenvalue weighted by atomic mass is 10.1. The topological polar surface area (TPSA) is 83.5 Å². The number of hydrogen-bond donors (Lipinski definition) is 3. The van der Waals surface area contributed by atoms with E-state index in [1.165, 1.54) is 4.88 Å². The molecule has 106 valence electrons. The van der Waals surface area contributed by atoms with Gasteiger partial charge in [0.1, 0.15) is 5.69 Å². The van der Waals surface area contributed by atoms with Crippen molar-refractivity contribution in [3.05, 3.63) is 52.0 Å². The first-order valence-corrected chi connectivity index (χ1v) is 7.25. The van der Waals surface area contributed by atoms with E-state index in [0.717, 1.165) is 18.5 Å². The van der Waals surface area contributed by atoms with Crippen molar-refractivity contribution in [2.75, 3.05) is 0 Å². The minimum absolute atomic E-state index is 0.0264. The monoisotopic (exact) mass is 290 g/mol. The number of rotatable bonds is 6. The minimum Gasteiger partial charge on any atom is -0.409 e. The second kappa shape index (κ2) is 7.02. The molecule has 0 amide bonds. The van der Waals surface area contributed by atoms with Crippen LogP contribution >= 0.6 is 11.3 Å². The highest BCUT2D eigenvalue weighted by Gasteiger charge is 2.06. The summed E-state index contributed by atoms with van der Waals surface area (Å²) in [5, 5.41) is 17.2. The molecule has 6 heteroatoms. The van der Waals surface area contributed by atoms with Crippen molar-refractivity contribution >= 4 is 17.2 Å². The lowest BCUT2D eigenvalue weighted by Crippen LogP contribution is -2.27. The van der Waals surface area contributed by atoms with E-state index in [9.17, 15) is 0 Å². The van der Waals surface area contributed by atoms with Gasteiger partial charge in [0.25, 0.3) is 0 Å². The van der Waals surface area contributed by atoms with Gasteiger partial charge in [0.2, 0.25) is 0 Å². The highest BCUT2D eigenvalue weighted by molar-refractivity contribution is 7.09. The van der Waals surface area contributed by atoms with Crippen molar-refractivity contribution in [2.24, 2.45) is 10.9 Å². The second-order valence-corrected chi connectivity index (χ2v) is 5.63. The number of oxime groups is 1. The number of nitrogens with one attached hydrogen (secondary N) is 1. The zero-order valence-corrected chi connectivity index (χ0v) is 12.1. The van der Waals surface area contributed by atoms with Crippen LogP contribution in [0.25, 0.3) is 0 Å². The average Bonchev–Trinajstić information content (AvgIpc) is 2.97. The molecule has 0 aliphatic heterocycles. The van der Waals surface area contributed by atoms with E-state index in [-0.39, 0.29) is 5.84 Å². The summed E-state index contributed by atoms with van der Waals surface area (Å²) >= 11 is 1.77. The smallest absolute Gasteiger partial charge is 0.188 e. The van der Waals surface area contributed by atoms with Crippen molar-refractivity contribution < 1.29 is 5.21 Å². The molecule has 0 fully saturated rings. The Morgan fingerprint density at radius 1 is 1.55 bits per heavy atom. The fourth-order valence-corrected chi connectivity index (χ4v) is 2.71. The molecule has 5 nitrogen and oxygen atoms in total. The highest BCUT2D eigenvalue weighted by atomic mass is 32.1. The third kappa shape index (κ3) is 4.04. The standard InChI is InChI=1S/C14H18N4OS/c1-10(7-12-3-2-6-20-12)17-9-11-4-5-16-13(8-11)14(15)18-19/h2-6,8,10,17,19H,7,9H2,1H3,(H2,15,18). The van der Waals surface area contributed by atoms with E-state index in [1.807, 2.05) is 12.1 Å². The van der Waals surface area contributed by atoms with Crippen molar-refractivity contribution in [1.82, 2.24) is 10.3 Å². The predicted molar refractivity (Wildman–Crippen MR) is 81.1 cm³/mol. The van der Waals surface area contributed by atoms with Gasteiger partial charge in [-0.15, -0.1) is 11.3 Å². The predicted octanol–water partition coefficient (Wildman–Crippen LogP) is 1.96. The van der Waals surface area contributed by atoms with E-state index in [0.29, 0.717) is 11.7 Å². The molecule has 2 heterocycles. The summed E-state index contributed by atoms with van der Waals surface area (Å²) in [4.78, 5) is 5.43. The van der Waals surface area contributed by atoms with Crippen LogP contribution in [0.3, 0.4) is 0 Å². The van der Waals surface area contributed by atoms with Crippen molar-refractivity contribution in [2.45, 2.75) is 25.9 Å². The third-order valence-electron chi connectivity index (χ3n) is 2.94. The Hall–Kier alpha value is -1.92. The Balaban J connectivity index is 1.90. The van der Waals surface area contributed by atoms with E-state index in [1.54, 1.807) is 17.5 Å². The van der Waals surface area contributed by atoms with E-state index in [2.05, 4.69) is 39.9 Å². The molecule has 4 N–H and O–H groups in total. The van der Waals surface area contributed by atoms with Gasteiger partial charge < -0.3 is 16.3 Å². The summed E-state index contributed by atoms with van der Waals surface area (Å²) in [6.45, 7) is 2.88. The van der Waals surface area contributed by atoms with Gasteiger partial charge in [-0.25, -0.2) is 0 Å². The average molecular weight is 290 g/mol. The van der Waals surface area contributed by atoms with Crippen LogP contribution in [-0.4, -0.2) is 22.1 Å². The molecule has 0 radical (unpaired) electrons. The maximum absolute atomic E-state index is 8.65. The molecule has 0 saturated heterocycles. The quantitative estimate of drug-likeness (QED) is 0.329. The number of hydrogen-bond acceptors (Lipinski definition) is 5. The third-order valence-corrected chi connectivity index (χ3v) is 3.84. The Morgan fingerprint density at radius 3 is 3.10 bits per heavy atom. The summed E-state index contributed by atoms with van der Waals surface area (Å²) in [6.07, 6.45) is 2.67. The number of amidine groups is 1. The highest BCUT2D eigenvalue weighted by Crippen LogP contribution is 2.11. The van der Waals surface area contributed by atoms with Crippen LogP contribution in [0.15, 0.2) is 41.0 Å². The zero-order valence-electron chi connectivity index (χ0n) is 11.3. The maximum Gasteiger partial charge on any atom is 0.188 e. The largest absolute Gasteiger partial charge is 0.409 e. The minimum atomic E-state index is 0.0264. The van der Waals surface area contributed by atoms with E-state index >= 15 is 0 Å². The van der Waals surface area contributed by atoms with Gasteiger partial charge in [-0.2, -0.15) is 0 Å². The van der Waals surface area contributed by atoms with Gasteiger partial charge in [-0.1, -0.05) is 11.2 Å². The van der Waals surface area contributed by atoms with Gasteiger partial charge in [-0.3, -0.25) is 4.98 Å². The molecule has 0 aliphatic rings. The maximum atomic E-state index is 8.65. The van der Waals surface area contributed by atoms with Crippen molar-refractivity contribution in [1.29, 1.82) is 0 Å². The van der Waals surface area contributed by atoms with E-state index in [4.69, 9.17) is 10.9 Å². The molecule has 0 aromatic carbocycles. The number of pyridine rings is 1. The fourth-order valence-electron chi connectivity index (χ4n) is 1.87. The zero-order chi connectivity index (χ0) is 14.4. The first-order valence-electron chi connectivity index (χ1n) is 6.37. The Morgan fingerprint density at radius 2 is 2.40 bits per heavy atom. The second-order valence-electron chi connectivity index (χ2n) is 4.60. The summed E-state index contributed by atoms with van der Waals surface area (Å²) in [5.74, 6) is 0.0264. The Bertz CT molecular complexity index is 568. The molecule has 0 bridgehead atoms. The van der Waals surface area contributed by atoms with Gasteiger partial charge in [0, 0.05) is 23.7 Å². The Kier molecular flexibility index (Phi) is 5.09. The summed E-state index contributed by atoms with van der Waals surface area (Å²) in [7, 11) is 0. The summed E-state index contributed by atoms with van der Waals surface area (Å²) in [5.41, 5.74) is 7.07. The molecular formula is C14H18N4OS. The number of nitrogens with two attached hydrogens (primary N) is 1. The number of aromatic nitrogens is 1. The van der Waals surface area contributed by atoms with E-state index < -0.39 is 0 Å². The number of thiophene rings is 1.